The van der Waals surface area contributed by atoms with Gasteiger partial charge in [0.2, 0.25) is 0 Å². The van der Waals surface area contributed by atoms with Gasteiger partial charge < -0.3 is 5.32 Å². The fourth-order valence-electron chi connectivity index (χ4n) is 3.75. The average Bonchev–Trinajstić information content (AvgIpc) is 3.18. The molecule has 5 nitrogen and oxygen atoms in total. The van der Waals surface area contributed by atoms with Gasteiger partial charge in [0.15, 0.2) is 0 Å². The lowest BCUT2D eigenvalue weighted by atomic mass is 9.88. The van der Waals surface area contributed by atoms with Crippen molar-refractivity contribution in [3.05, 3.63) is 78.1 Å². The van der Waals surface area contributed by atoms with Crippen molar-refractivity contribution in [1.82, 2.24) is 19.6 Å². The van der Waals surface area contributed by atoms with E-state index < -0.39 is 0 Å². The van der Waals surface area contributed by atoms with Crippen molar-refractivity contribution in [2.24, 2.45) is 0 Å². The second kappa shape index (κ2) is 6.26. The largest absolute Gasteiger partial charge is 0.363 e. The molecule has 2 aromatic carbocycles. The molecule has 1 unspecified atom stereocenters. The van der Waals surface area contributed by atoms with Crippen LogP contribution in [0.25, 0.3) is 17.0 Å². The summed E-state index contributed by atoms with van der Waals surface area (Å²) < 4.78 is 1.78. The molecular weight excluding hydrogens is 322 g/mol. The van der Waals surface area contributed by atoms with Crippen molar-refractivity contribution < 1.29 is 0 Å². The van der Waals surface area contributed by atoms with Crippen molar-refractivity contribution in [3.63, 3.8) is 0 Å². The molecule has 0 spiro atoms. The molecule has 0 fully saturated rings. The first-order valence-electron chi connectivity index (χ1n) is 8.99. The Kier molecular flexibility index (Phi) is 3.63. The molecule has 1 atom stereocenters. The predicted molar refractivity (Wildman–Crippen MR) is 102 cm³/mol. The minimum Gasteiger partial charge on any atom is -0.363 e. The number of nitrogens with one attached hydrogen (secondary N) is 1. The lowest BCUT2D eigenvalue weighted by Crippen LogP contribution is -2.19. The topological polar surface area (TPSA) is 55.1 Å². The van der Waals surface area contributed by atoms with E-state index in [1.807, 2.05) is 18.2 Å². The predicted octanol–water partition coefficient (Wildman–Crippen LogP) is 4.28. The minimum absolute atomic E-state index is 0.276. The Morgan fingerprint density at radius 2 is 1.85 bits per heavy atom. The third-order valence-electron chi connectivity index (χ3n) is 5.01. The summed E-state index contributed by atoms with van der Waals surface area (Å²) in [5, 5.41) is 8.05. The summed E-state index contributed by atoms with van der Waals surface area (Å²) in [6.45, 7) is 0. The summed E-state index contributed by atoms with van der Waals surface area (Å²) in [4.78, 5) is 8.96. The van der Waals surface area contributed by atoms with Crippen LogP contribution in [-0.4, -0.2) is 19.6 Å². The van der Waals surface area contributed by atoms with E-state index in [2.05, 4.69) is 62.8 Å². The van der Waals surface area contributed by atoms with Crippen LogP contribution in [0.2, 0.25) is 0 Å². The van der Waals surface area contributed by atoms with Crippen LogP contribution in [0.15, 0.2) is 67.0 Å². The molecule has 26 heavy (non-hydrogen) atoms. The summed E-state index contributed by atoms with van der Waals surface area (Å²) in [6, 6.07) is 21.2. The number of rotatable bonds is 3. The van der Waals surface area contributed by atoms with Gasteiger partial charge in [-0.05, 0) is 30.4 Å². The highest BCUT2D eigenvalue weighted by atomic mass is 15.4. The van der Waals surface area contributed by atoms with Gasteiger partial charge in [-0.1, -0.05) is 54.6 Å². The van der Waals surface area contributed by atoms with Gasteiger partial charge in [0.25, 0.3) is 5.78 Å². The van der Waals surface area contributed by atoms with Gasteiger partial charge in [0, 0.05) is 11.6 Å². The fraction of sp³-hybridized carbons (Fsp3) is 0.190. The minimum atomic E-state index is 0.276. The number of hydrogen-bond donors (Lipinski definition) is 1. The van der Waals surface area contributed by atoms with Gasteiger partial charge in [-0.3, -0.25) is 0 Å². The zero-order chi connectivity index (χ0) is 17.3. The maximum absolute atomic E-state index is 4.65. The van der Waals surface area contributed by atoms with Crippen LogP contribution in [0.4, 0.5) is 5.82 Å². The maximum Gasteiger partial charge on any atom is 0.254 e. The average molecular weight is 341 g/mol. The summed E-state index contributed by atoms with van der Waals surface area (Å²) in [6.07, 6.45) is 5.00. The first-order chi connectivity index (χ1) is 12.9. The van der Waals surface area contributed by atoms with Crippen molar-refractivity contribution in [1.29, 1.82) is 0 Å². The van der Waals surface area contributed by atoms with E-state index in [0.717, 1.165) is 29.9 Å². The Bertz CT molecular complexity index is 1050. The number of aryl methyl sites for hydroxylation is 1. The molecule has 1 N–H and O–H groups in total. The molecule has 4 aromatic rings. The second-order valence-electron chi connectivity index (χ2n) is 6.65. The van der Waals surface area contributed by atoms with E-state index in [4.69, 9.17) is 0 Å². The van der Waals surface area contributed by atoms with Gasteiger partial charge in [0.05, 0.1) is 11.7 Å². The molecule has 2 aromatic heterocycles. The van der Waals surface area contributed by atoms with Gasteiger partial charge in [-0.15, -0.1) is 0 Å². The van der Waals surface area contributed by atoms with Crippen LogP contribution in [0, 0.1) is 0 Å². The number of fused-ring (bicyclic) bond motifs is 2. The van der Waals surface area contributed by atoms with Crippen molar-refractivity contribution >= 4 is 11.6 Å². The molecule has 0 radical (unpaired) electrons. The van der Waals surface area contributed by atoms with E-state index in [1.54, 1.807) is 10.8 Å². The number of nitrogens with zero attached hydrogens (tertiary/aromatic N) is 4. The van der Waals surface area contributed by atoms with Crippen LogP contribution in [0.5, 0.6) is 0 Å². The van der Waals surface area contributed by atoms with E-state index in [0.29, 0.717) is 5.78 Å². The molecule has 128 valence electrons. The SMILES string of the molecule is c1ccc(-c2cc(NC3CCCc4ccccc43)n3ncnc3n2)cc1. The molecule has 5 rings (SSSR count). The Balaban J connectivity index is 1.58. The Morgan fingerprint density at radius 1 is 1.00 bits per heavy atom. The monoisotopic (exact) mass is 341 g/mol. The van der Waals surface area contributed by atoms with Crippen molar-refractivity contribution in [2.75, 3.05) is 5.32 Å². The van der Waals surface area contributed by atoms with E-state index in [1.165, 1.54) is 17.5 Å². The molecule has 1 aliphatic rings. The van der Waals surface area contributed by atoms with Crippen LogP contribution in [-0.2, 0) is 6.42 Å². The smallest absolute Gasteiger partial charge is 0.254 e. The molecule has 0 saturated heterocycles. The zero-order valence-electron chi connectivity index (χ0n) is 14.3. The molecule has 0 aliphatic heterocycles. The first-order valence-corrected chi connectivity index (χ1v) is 8.99. The lowest BCUT2D eigenvalue weighted by Gasteiger charge is -2.27. The summed E-state index contributed by atoms with van der Waals surface area (Å²) in [5.74, 6) is 1.53. The molecule has 0 amide bonds. The number of aromatic nitrogens is 4. The van der Waals surface area contributed by atoms with E-state index in [9.17, 15) is 0 Å². The third-order valence-corrected chi connectivity index (χ3v) is 5.01. The normalized spacial score (nSPS) is 16.4. The standard InChI is InChI=1S/C21H19N5/c1-2-8-16(9-3-1)19-13-20(26-21(25-19)22-14-23-26)24-18-12-6-10-15-7-4-5-11-17(15)18/h1-5,7-9,11,13-14,18,24H,6,10,12H2. The molecule has 5 heteroatoms. The molecule has 1 aliphatic carbocycles. The van der Waals surface area contributed by atoms with Gasteiger partial charge in [-0.25, -0.2) is 4.98 Å². The highest BCUT2D eigenvalue weighted by Gasteiger charge is 2.21. The maximum atomic E-state index is 4.65. The number of anilines is 1. The Labute approximate surface area is 151 Å². The van der Waals surface area contributed by atoms with Crippen LogP contribution in [0.3, 0.4) is 0 Å². The molecule has 2 heterocycles. The Morgan fingerprint density at radius 3 is 2.77 bits per heavy atom. The van der Waals surface area contributed by atoms with E-state index >= 15 is 0 Å². The molecular formula is C21H19N5. The van der Waals surface area contributed by atoms with Crippen molar-refractivity contribution in [2.45, 2.75) is 25.3 Å². The third kappa shape index (κ3) is 2.62. The summed E-state index contributed by atoms with van der Waals surface area (Å²) >= 11 is 0. The van der Waals surface area contributed by atoms with E-state index in [-0.39, 0.29) is 6.04 Å². The second-order valence-corrected chi connectivity index (χ2v) is 6.65. The van der Waals surface area contributed by atoms with Gasteiger partial charge in [-0.2, -0.15) is 14.6 Å². The van der Waals surface area contributed by atoms with Crippen molar-refractivity contribution in [3.8, 4) is 11.3 Å². The summed E-state index contributed by atoms with van der Waals surface area (Å²) in [5.41, 5.74) is 4.79. The quantitative estimate of drug-likeness (QED) is 0.604. The zero-order valence-corrected chi connectivity index (χ0v) is 14.3. The van der Waals surface area contributed by atoms with Crippen LogP contribution < -0.4 is 5.32 Å². The number of hydrogen-bond acceptors (Lipinski definition) is 4. The highest BCUT2D eigenvalue weighted by Crippen LogP contribution is 2.33. The van der Waals surface area contributed by atoms with Crippen LogP contribution >= 0.6 is 0 Å². The van der Waals surface area contributed by atoms with Crippen LogP contribution in [0.1, 0.15) is 30.0 Å². The lowest BCUT2D eigenvalue weighted by molar-refractivity contribution is 0.596. The molecule has 0 saturated carbocycles. The molecule has 0 bridgehead atoms. The van der Waals surface area contributed by atoms with Gasteiger partial charge >= 0.3 is 0 Å². The summed E-state index contributed by atoms with van der Waals surface area (Å²) in [7, 11) is 0. The fourth-order valence-corrected chi connectivity index (χ4v) is 3.75. The number of benzene rings is 2. The van der Waals surface area contributed by atoms with Gasteiger partial charge in [0.1, 0.15) is 12.1 Å². The first kappa shape index (κ1) is 15.1. The Hall–Kier alpha value is -3.21. The highest BCUT2D eigenvalue weighted by molar-refractivity contribution is 5.65.